The number of benzene rings is 1. The summed E-state index contributed by atoms with van der Waals surface area (Å²) in [5, 5.41) is 14.7. The van der Waals surface area contributed by atoms with Gasteiger partial charge in [-0.15, -0.1) is 0 Å². The summed E-state index contributed by atoms with van der Waals surface area (Å²) in [6, 6.07) is 7.10. The summed E-state index contributed by atoms with van der Waals surface area (Å²) in [5.74, 6) is 0. The molecule has 10 heteroatoms. The summed E-state index contributed by atoms with van der Waals surface area (Å²) in [5.41, 5.74) is 1.08. The minimum absolute atomic E-state index is 0.0530. The molecular formula is C17H23N5O4S. The maximum atomic E-state index is 12.8. The van der Waals surface area contributed by atoms with Gasteiger partial charge in [0.2, 0.25) is 10.0 Å². The zero-order valence-electron chi connectivity index (χ0n) is 15.2. The molecule has 1 aromatic heterocycles. The number of nitro groups is 1. The van der Waals surface area contributed by atoms with Gasteiger partial charge in [-0.2, -0.15) is 9.40 Å². The van der Waals surface area contributed by atoms with E-state index in [9.17, 15) is 18.5 Å². The molecule has 1 aromatic carbocycles. The Morgan fingerprint density at radius 3 is 2.37 bits per heavy atom. The van der Waals surface area contributed by atoms with Gasteiger partial charge in [0.15, 0.2) is 0 Å². The lowest BCUT2D eigenvalue weighted by molar-refractivity contribution is -0.385. The van der Waals surface area contributed by atoms with Crippen LogP contribution in [0.5, 0.6) is 0 Å². The van der Waals surface area contributed by atoms with Crippen LogP contribution in [0.1, 0.15) is 18.9 Å². The molecule has 2 aromatic rings. The van der Waals surface area contributed by atoms with E-state index in [0.29, 0.717) is 37.7 Å². The highest BCUT2D eigenvalue weighted by Crippen LogP contribution is 2.19. The van der Waals surface area contributed by atoms with E-state index in [0.717, 1.165) is 18.4 Å². The predicted octanol–water partition coefficient (Wildman–Crippen LogP) is 1.71. The Kier molecular flexibility index (Phi) is 5.88. The first-order valence-corrected chi connectivity index (χ1v) is 10.3. The molecule has 0 saturated carbocycles. The Labute approximate surface area is 158 Å². The van der Waals surface area contributed by atoms with Crippen LogP contribution in [0.2, 0.25) is 0 Å². The van der Waals surface area contributed by atoms with Gasteiger partial charge in [0.25, 0.3) is 0 Å². The molecule has 1 aliphatic rings. The summed E-state index contributed by atoms with van der Waals surface area (Å²) in [4.78, 5) is 12.6. The number of hydrogen-bond acceptors (Lipinski definition) is 6. The zero-order valence-corrected chi connectivity index (χ0v) is 16.0. The van der Waals surface area contributed by atoms with Crippen molar-refractivity contribution in [1.82, 2.24) is 19.0 Å². The molecule has 1 aliphatic heterocycles. The standard InChI is InChI=1S/C17H23N5O4S/c1-2-3-15-4-6-17(7-5-15)27(25,26)21-10-8-19(9-11-21)14-20-13-16(12-18-20)22(23)24/h4-7,12-13H,2-3,8-11,14H2,1H3. The lowest BCUT2D eigenvalue weighted by Crippen LogP contribution is -2.48. The number of hydrogen-bond donors (Lipinski definition) is 0. The number of nitrogens with zero attached hydrogens (tertiary/aromatic N) is 5. The van der Waals surface area contributed by atoms with Gasteiger partial charge < -0.3 is 0 Å². The quantitative estimate of drug-likeness (QED) is 0.524. The molecule has 9 nitrogen and oxygen atoms in total. The molecule has 0 unspecified atom stereocenters. The highest BCUT2D eigenvalue weighted by molar-refractivity contribution is 7.89. The van der Waals surface area contributed by atoms with Gasteiger partial charge in [0, 0.05) is 26.2 Å². The third-order valence-electron chi connectivity index (χ3n) is 4.61. The molecule has 0 aliphatic carbocycles. The van der Waals surface area contributed by atoms with Gasteiger partial charge in [-0.05, 0) is 24.1 Å². The van der Waals surface area contributed by atoms with Crippen molar-refractivity contribution in [3.63, 3.8) is 0 Å². The van der Waals surface area contributed by atoms with Crippen LogP contribution in [-0.2, 0) is 23.1 Å². The van der Waals surface area contributed by atoms with E-state index >= 15 is 0 Å². The van der Waals surface area contributed by atoms with E-state index in [1.165, 1.54) is 21.4 Å². The Morgan fingerprint density at radius 2 is 1.81 bits per heavy atom. The second-order valence-electron chi connectivity index (χ2n) is 6.55. The second kappa shape index (κ2) is 8.15. The zero-order chi connectivity index (χ0) is 19.4. The number of sulfonamides is 1. The monoisotopic (exact) mass is 393 g/mol. The summed E-state index contributed by atoms with van der Waals surface area (Å²) >= 11 is 0. The molecule has 0 spiro atoms. The average molecular weight is 393 g/mol. The van der Waals surface area contributed by atoms with Crippen LogP contribution >= 0.6 is 0 Å². The fourth-order valence-electron chi connectivity index (χ4n) is 3.11. The lowest BCUT2D eigenvalue weighted by Gasteiger charge is -2.33. The Morgan fingerprint density at radius 1 is 1.15 bits per heavy atom. The van der Waals surface area contributed by atoms with Crippen molar-refractivity contribution in [3.05, 3.63) is 52.3 Å². The van der Waals surface area contributed by atoms with Crippen LogP contribution in [0.4, 0.5) is 5.69 Å². The topological polar surface area (TPSA) is 102 Å². The summed E-state index contributed by atoms with van der Waals surface area (Å²) < 4.78 is 28.6. The van der Waals surface area contributed by atoms with Crippen molar-refractivity contribution in [2.24, 2.45) is 0 Å². The number of rotatable bonds is 7. The molecule has 1 saturated heterocycles. The van der Waals surface area contributed by atoms with Crippen molar-refractivity contribution < 1.29 is 13.3 Å². The Balaban J connectivity index is 1.59. The number of aryl methyl sites for hydroxylation is 1. The van der Waals surface area contributed by atoms with Crippen LogP contribution in [0.25, 0.3) is 0 Å². The fraction of sp³-hybridized carbons (Fsp3) is 0.471. The molecule has 1 fully saturated rings. The van der Waals surface area contributed by atoms with E-state index in [1.807, 2.05) is 17.0 Å². The first-order chi connectivity index (χ1) is 12.9. The summed E-state index contributed by atoms with van der Waals surface area (Å²) in [7, 11) is -3.50. The highest BCUT2D eigenvalue weighted by Gasteiger charge is 2.28. The maximum absolute atomic E-state index is 12.8. The maximum Gasteiger partial charge on any atom is 0.307 e. The first kappa shape index (κ1) is 19.5. The van der Waals surface area contributed by atoms with E-state index in [1.54, 1.807) is 12.1 Å². The van der Waals surface area contributed by atoms with Gasteiger partial charge in [-0.3, -0.25) is 19.7 Å². The predicted molar refractivity (Wildman–Crippen MR) is 99.7 cm³/mol. The van der Waals surface area contributed by atoms with Crippen LogP contribution in [0.3, 0.4) is 0 Å². The lowest BCUT2D eigenvalue weighted by atomic mass is 10.1. The first-order valence-electron chi connectivity index (χ1n) is 8.88. The molecule has 0 N–H and O–H groups in total. The van der Waals surface area contributed by atoms with E-state index in [4.69, 9.17) is 0 Å². The molecule has 2 heterocycles. The van der Waals surface area contributed by atoms with Crippen LogP contribution in [0, 0.1) is 10.1 Å². The molecule has 146 valence electrons. The average Bonchev–Trinajstić information content (AvgIpc) is 3.12. The van der Waals surface area contributed by atoms with Crippen LogP contribution < -0.4 is 0 Å². The van der Waals surface area contributed by atoms with Crippen molar-refractivity contribution in [2.75, 3.05) is 26.2 Å². The van der Waals surface area contributed by atoms with Crippen molar-refractivity contribution in [3.8, 4) is 0 Å². The number of piperazine rings is 1. The number of aromatic nitrogens is 2. The molecule has 0 amide bonds. The minimum atomic E-state index is -3.50. The van der Waals surface area contributed by atoms with Crippen LogP contribution in [-0.4, -0.2) is 58.5 Å². The molecule has 3 rings (SSSR count). The van der Waals surface area contributed by atoms with Crippen molar-refractivity contribution in [2.45, 2.75) is 31.3 Å². The highest BCUT2D eigenvalue weighted by atomic mass is 32.2. The molecule has 0 atom stereocenters. The van der Waals surface area contributed by atoms with Gasteiger partial charge in [0.05, 0.1) is 16.5 Å². The largest absolute Gasteiger partial charge is 0.307 e. The molecular weight excluding hydrogens is 370 g/mol. The van der Waals surface area contributed by atoms with E-state index in [-0.39, 0.29) is 5.69 Å². The van der Waals surface area contributed by atoms with Gasteiger partial charge in [-0.1, -0.05) is 25.5 Å². The minimum Gasteiger partial charge on any atom is -0.282 e. The third kappa shape index (κ3) is 4.52. The van der Waals surface area contributed by atoms with Crippen molar-refractivity contribution >= 4 is 15.7 Å². The van der Waals surface area contributed by atoms with E-state index < -0.39 is 14.9 Å². The summed E-state index contributed by atoms with van der Waals surface area (Å²) in [6.07, 6.45) is 4.54. The molecule has 0 radical (unpaired) electrons. The normalized spacial score (nSPS) is 16.5. The van der Waals surface area contributed by atoms with Crippen molar-refractivity contribution in [1.29, 1.82) is 0 Å². The fourth-order valence-corrected chi connectivity index (χ4v) is 4.53. The van der Waals surface area contributed by atoms with Gasteiger partial charge >= 0.3 is 5.69 Å². The molecule has 0 bridgehead atoms. The van der Waals surface area contributed by atoms with Crippen LogP contribution in [0.15, 0.2) is 41.6 Å². The third-order valence-corrected chi connectivity index (χ3v) is 6.52. The SMILES string of the molecule is CCCc1ccc(S(=O)(=O)N2CCN(Cn3cc([N+](=O)[O-])cn3)CC2)cc1. The Hall–Kier alpha value is -2.30. The summed E-state index contributed by atoms with van der Waals surface area (Å²) in [6.45, 7) is 4.32. The second-order valence-corrected chi connectivity index (χ2v) is 8.49. The smallest absolute Gasteiger partial charge is 0.282 e. The molecule has 27 heavy (non-hydrogen) atoms. The Bertz CT molecular complexity index is 886. The van der Waals surface area contributed by atoms with Gasteiger partial charge in [0.1, 0.15) is 12.4 Å². The van der Waals surface area contributed by atoms with E-state index in [2.05, 4.69) is 12.0 Å². The van der Waals surface area contributed by atoms with Gasteiger partial charge in [-0.25, -0.2) is 8.42 Å².